The summed E-state index contributed by atoms with van der Waals surface area (Å²) in [6.07, 6.45) is 5.91. The van der Waals surface area contributed by atoms with Gasteiger partial charge in [-0.05, 0) is 37.5 Å². The third-order valence-corrected chi connectivity index (χ3v) is 5.26. The van der Waals surface area contributed by atoms with Gasteiger partial charge in [0.05, 0.1) is 6.10 Å². The fourth-order valence-corrected chi connectivity index (χ4v) is 3.67. The lowest BCUT2D eigenvalue weighted by molar-refractivity contribution is -0.0607. The lowest BCUT2D eigenvalue weighted by atomic mass is 9.84. The van der Waals surface area contributed by atoms with Crippen LogP contribution in [0.15, 0.2) is 0 Å². The summed E-state index contributed by atoms with van der Waals surface area (Å²) in [6, 6.07) is 2.27. The lowest BCUT2D eigenvalue weighted by Crippen LogP contribution is -2.64. The molecule has 2 atom stereocenters. The van der Waals surface area contributed by atoms with Crippen molar-refractivity contribution in [1.82, 2.24) is 10.2 Å². The zero-order valence-corrected chi connectivity index (χ0v) is 12.1. The number of nitrogens with zero attached hydrogens (tertiary/aromatic N) is 1. The highest BCUT2D eigenvalue weighted by atomic mass is 16.5. The zero-order chi connectivity index (χ0) is 12.7. The fraction of sp³-hybridized carbons (Fsp3) is 1.00. The van der Waals surface area contributed by atoms with E-state index in [9.17, 15) is 0 Å². The summed E-state index contributed by atoms with van der Waals surface area (Å²) in [4.78, 5) is 2.81. The van der Waals surface area contributed by atoms with Crippen LogP contribution in [0.1, 0.15) is 39.5 Å². The van der Waals surface area contributed by atoms with Gasteiger partial charge in [-0.15, -0.1) is 0 Å². The summed E-state index contributed by atoms with van der Waals surface area (Å²) in [5.41, 5.74) is 0. The van der Waals surface area contributed by atoms with Gasteiger partial charge in [-0.2, -0.15) is 0 Å². The summed E-state index contributed by atoms with van der Waals surface area (Å²) < 4.78 is 5.45. The van der Waals surface area contributed by atoms with Gasteiger partial charge < -0.3 is 10.1 Å². The van der Waals surface area contributed by atoms with E-state index in [-0.39, 0.29) is 0 Å². The molecule has 2 aliphatic carbocycles. The quantitative estimate of drug-likeness (QED) is 0.827. The minimum Gasteiger partial charge on any atom is -0.381 e. The highest BCUT2D eigenvalue weighted by molar-refractivity contribution is 5.00. The largest absolute Gasteiger partial charge is 0.381 e. The van der Waals surface area contributed by atoms with Crippen LogP contribution in [-0.4, -0.2) is 49.3 Å². The first-order valence-corrected chi connectivity index (χ1v) is 7.71. The Kier molecular flexibility index (Phi) is 3.65. The monoisotopic (exact) mass is 252 g/mol. The Morgan fingerprint density at radius 1 is 1.22 bits per heavy atom. The molecule has 3 fully saturated rings. The van der Waals surface area contributed by atoms with Crippen LogP contribution in [0.5, 0.6) is 0 Å². The normalized spacial score (nSPS) is 42.0. The number of piperazine rings is 1. The molecule has 1 aliphatic heterocycles. The Morgan fingerprint density at radius 2 is 1.94 bits per heavy atom. The van der Waals surface area contributed by atoms with E-state index in [1.54, 1.807) is 0 Å². The van der Waals surface area contributed by atoms with Crippen LogP contribution < -0.4 is 5.32 Å². The average molecular weight is 252 g/mol. The first kappa shape index (κ1) is 12.9. The molecule has 0 bridgehead atoms. The third kappa shape index (κ3) is 2.45. The minimum absolute atomic E-state index is 0.525. The van der Waals surface area contributed by atoms with E-state index < -0.39 is 0 Å². The second kappa shape index (κ2) is 5.10. The van der Waals surface area contributed by atoms with Gasteiger partial charge in [0.25, 0.3) is 0 Å². The van der Waals surface area contributed by atoms with Gasteiger partial charge in [0.15, 0.2) is 0 Å². The van der Waals surface area contributed by atoms with Gasteiger partial charge in [-0.3, -0.25) is 4.90 Å². The lowest BCUT2D eigenvalue weighted by Gasteiger charge is -2.51. The summed E-state index contributed by atoms with van der Waals surface area (Å²) in [7, 11) is 1.85. The fourth-order valence-electron chi connectivity index (χ4n) is 3.67. The van der Waals surface area contributed by atoms with E-state index in [1.807, 2.05) is 7.11 Å². The van der Waals surface area contributed by atoms with E-state index in [2.05, 4.69) is 24.1 Å². The van der Waals surface area contributed by atoms with Gasteiger partial charge in [0, 0.05) is 38.3 Å². The molecule has 0 radical (unpaired) electrons. The number of rotatable bonds is 4. The van der Waals surface area contributed by atoms with Crippen molar-refractivity contribution in [3.63, 3.8) is 0 Å². The molecular formula is C15H28N2O. The molecule has 104 valence electrons. The Hall–Kier alpha value is -0.120. The maximum Gasteiger partial charge on any atom is 0.0601 e. The van der Waals surface area contributed by atoms with E-state index in [0.717, 1.165) is 30.0 Å². The third-order valence-electron chi connectivity index (χ3n) is 5.26. The van der Waals surface area contributed by atoms with Gasteiger partial charge in [-0.25, -0.2) is 0 Å². The number of methoxy groups -OCH3 is 1. The second-order valence-corrected chi connectivity index (χ2v) is 6.84. The SMILES string of the molecule is COC1CC(N2CC(C3CC3)NCC2C(C)C)C1. The van der Waals surface area contributed by atoms with Gasteiger partial charge in [-0.1, -0.05) is 13.8 Å². The molecule has 0 aromatic heterocycles. The molecule has 1 saturated heterocycles. The molecule has 3 rings (SSSR count). The molecular weight excluding hydrogens is 224 g/mol. The van der Waals surface area contributed by atoms with Crippen LogP contribution in [0.4, 0.5) is 0 Å². The summed E-state index contributed by atoms with van der Waals surface area (Å²) in [5, 5.41) is 3.80. The molecule has 2 unspecified atom stereocenters. The molecule has 3 aliphatic rings. The predicted octanol–water partition coefficient (Wildman–Crippen LogP) is 1.87. The molecule has 1 heterocycles. The molecule has 0 aromatic rings. The molecule has 2 saturated carbocycles. The maximum absolute atomic E-state index is 5.45. The highest BCUT2D eigenvalue weighted by Gasteiger charge is 2.43. The van der Waals surface area contributed by atoms with E-state index in [0.29, 0.717) is 6.10 Å². The summed E-state index contributed by atoms with van der Waals surface area (Å²) in [6.45, 7) is 7.19. The Morgan fingerprint density at radius 3 is 2.50 bits per heavy atom. The van der Waals surface area contributed by atoms with Crippen molar-refractivity contribution in [1.29, 1.82) is 0 Å². The maximum atomic E-state index is 5.45. The van der Waals surface area contributed by atoms with Gasteiger partial charge >= 0.3 is 0 Å². The standard InChI is InChI=1S/C15H28N2O/c1-10(2)15-8-16-14(11-4-5-11)9-17(15)12-6-13(7-12)18-3/h10-16H,4-9H2,1-3H3. The van der Waals surface area contributed by atoms with E-state index >= 15 is 0 Å². The molecule has 0 aromatic carbocycles. The van der Waals surface area contributed by atoms with Crippen LogP contribution in [0.2, 0.25) is 0 Å². The highest BCUT2D eigenvalue weighted by Crippen LogP contribution is 2.38. The van der Waals surface area contributed by atoms with Crippen molar-refractivity contribution in [3.05, 3.63) is 0 Å². The number of ether oxygens (including phenoxy) is 1. The molecule has 18 heavy (non-hydrogen) atoms. The summed E-state index contributed by atoms with van der Waals surface area (Å²) in [5.74, 6) is 1.72. The Balaban J connectivity index is 1.62. The molecule has 3 nitrogen and oxygen atoms in total. The average Bonchev–Trinajstić information content (AvgIpc) is 3.11. The number of nitrogens with one attached hydrogen (secondary N) is 1. The van der Waals surface area contributed by atoms with Crippen molar-refractivity contribution in [2.75, 3.05) is 20.2 Å². The Bertz CT molecular complexity index is 284. The summed E-state index contributed by atoms with van der Waals surface area (Å²) >= 11 is 0. The molecule has 0 amide bonds. The van der Waals surface area contributed by atoms with E-state index in [1.165, 1.54) is 38.8 Å². The van der Waals surface area contributed by atoms with Crippen molar-refractivity contribution in [2.45, 2.75) is 63.8 Å². The first-order valence-electron chi connectivity index (χ1n) is 7.71. The molecule has 0 spiro atoms. The number of hydrogen-bond acceptors (Lipinski definition) is 3. The van der Waals surface area contributed by atoms with Crippen LogP contribution in [0.25, 0.3) is 0 Å². The topological polar surface area (TPSA) is 24.5 Å². The van der Waals surface area contributed by atoms with Crippen molar-refractivity contribution in [2.24, 2.45) is 11.8 Å². The zero-order valence-electron chi connectivity index (χ0n) is 12.1. The second-order valence-electron chi connectivity index (χ2n) is 6.84. The minimum atomic E-state index is 0.525. The van der Waals surface area contributed by atoms with Crippen molar-refractivity contribution in [3.8, 4) is 0 Å². The van der Waals surface area contributed by atoms with Crippen LogP contribution in [0, 0.1) is 11.8 Å². The van der Waals surface area contributed by atoms with Crippen molar-refractivity contribution >= 4 is 0 Å². The smallest absolute Gasteiger partial charge is 0.0601 e. The predicted molar refractivity (Wildman–Crippen MR) is 73.7 cm³/mol. The van der Waals surface area contributed by atoms with Crippen LogP contribution in [0.3, 0.4) is 0 Å². The molecule has 3 heteroatoms. The Labute approximate surface area is 111 Å². The number of hydrogen-bond donors (Lipinski definition) is 1. The van der Waals surface area contributed by atoms with Crippen LogP contribution >= 0.6 is 0 Å². The van der Waals surface area contributed by atoms with Crippen molar-refractivity contribution < 1.29 is 4.74 Å². The van der Waals surface area contributed by atoms with Crippen LogP contribution in [-0.2, 0) is 4.74 Å². The first-order chi connectivity index (χ1) is 8.69. The van der Waals surface area contributed by atoms with E-state index in [4.69, 9.17) is 4.74 Å². The van der Waals surface area contributed by atoms with Gasteiger partial charge in [0.1, 0.15) is 0 Å². The molecule has 1 N–H and O–H groups in total. The van der Waals surface area contributed by atoms with Gasteiger partial charge in [0.2, 0.25) is 0 Å².